The van der Waals surface area contributed by atoms with E-state index in [1.807, 2.05) is 0 Å². The highest BCUT2D eigenvalue weighted by atomic mass is 16.4. The minimum atomic E-state index is -1.06. The molecular weight excluding hydrogens is 354 g/mol. The first kappa shape index (κ1) is 19.4. The standard InChI is InChI=1S/C16H25N7O4/c17-8(1-2-9(18)16(26)27)3-7-4-10(13(25)12(7)24)23-6-22-11-14(19)20-5-21-15(11)23/h5-10,12-13,24-25H,1-4,17-18H2,(H,26,27)(H2,19,20,21)/t7-,8?,9?,10+,12+,13-/m0/s1. The summed E-state index contributed by atoms with van der Waals surface area (Å²) in [5.74, 6) is -1.05. The van der Waals surface area contributed by atoms with Gasteiger partial charge in [-0.15, -0.1) is 0 Å². The van der Waals surface area contributed by atoms with Crippen LogP contribution >= 0.6 is 0 Å². The number of imidazole rings is 1. The molecule has 6 atom stereocenters. The molecule has 2 heterocycles. The van der Waals surface area contributed by atoms with Gasteiger partial charge >= 0.3 is 5.97 Å². The van der Waals surface area contributed by atoms with Crippen LogP contribution in [0, 0.1) is 5.92 Å². The molecule has 0 saturated heterocycles. The van der Waals surface area contributed by atoms with Gasteiger partial charge in [-0.3, -0.25) is 4.79 Å². The largest absolute Gasteiger partial charge is 0.480 e. The van der Waals surface area contributed by atoms with Crippen molar-refractivity contribution in [2.24, 2.45) is 17.4 Å². The SMILES string of the molecule is Nc1ncnc2c1ncn2[C@@H]1C[C@H](CC(N)CCC(N)C(=O)O)[C@@H](O)[C@H]1O. The second kappa shape index (κ2) is 7.72. The molecule has 11 heteroatoms. The summed E-state index contributed by atoms with van der Waals surface area (Å²) in [4.78, 5) is 23.1. The summed E-state index contributed by atoms with van der Waals surface area (Å²) in [6.45, 7) is 0. The van der Waals surface area contributed by atoms with Crippen molar-refractivity contribution in [1.82, 2.24) is 19.5 Å². The molecule has 1 aliphatic rings. The molecule has 2 aromatic rings. The van der Waals surface area contributed by atoms with Crippen LogP contribution in [0.5, 0.6) is 0 Å². The predicted molar refractivity (Wildman–Crippen MR) is 96.3 cm³/mol. The smallest absolute Gasteiger partial charge is 0.320 e. The third kappa shape index (κ3) is 3.86. The normalized spacial score (nSPS) is 27.7. The Kier molecular flexibility index (Phi) is 5.56. The number of anilines is 1. The first-order valence-corrected chi connectivity index (χ1v) is 8.82. The van der Waals surface area contributed by atoms with E-state index in [-0.39, 0.29) is 24.2 Å². The lowest BCUT2D eigenvalue weighted by Gasteiger charge is -2.20. The molecule has 0 radical (unpaired) electrons. The summed E-state index contributed by atoms with van der Waals surface area (Å²) >= 11 is 0. The second-order valence-corrected chi connectivity index (χ2v) is 7.15. The number of carboxylic acid groups (broad SMARTS) is 1. The molecule has 0 aromatic carbocycles. The van der Waals surface area contributed by atoms with Crippen LogP contribution in [0.3, 0.4) is 0 Å². The van der Waals surface area contributed by atoms with Gasteiger partial charge in [0, 0.05) is 6.04 Å². The van der Waals surface area contributed by atoms with Gasteiger partial charge in [0.15, 0.2) is 11.5 Å². The third-order valence-corrected chi connectivity index (χ3v) is 5.29. The number of aliphatic carboxylic acids is 1. The number of aliphatic hydroxyl groups excluding tert-OH is 2. The number of hydrogen-bond donors (Lipinski definition) is 6. The number of hydrogen-bond acceptors (Lipinski definition) is 9. The van der Waals surface area contributed by atoms with Crippen LogP contribution in [0.1, 0.15) is 31.7 Å². The molecule has 3 rings (SSSR count). The van der Waals surface area contributed by atoms with Crippen molar-refractivity contribution in [1.29, 1.82) is 0 Å². The molecule has 2 unspecified atom stereocenters. The monoisotopic (exact) mass is 379 g/mol. The maximum absolute atomic E-state index is 10.8. The molecule has 0 spiro atoms. The summed E-state index contributed by atoms with van der Waals surface area (Å²) < 4.78 is 1.70. The molecule has 2 aromatic heterocycles. The molecule has 0 aliphatic heterocycles. The molecule has 27 heavy (non-hydrogen) atoms. The third-order valence-electron chi connectivity index (χ3n) is 5.29. The lowest BCUT2D eigenvalue weighted by atomic mass is 9.93. The van der Waals surface area contributed by atoms with Crippen LogP contribution < -0.4 is 17.2 Å². The van der Waals surface area contributed by atoms with E-state index in [1.54, 1.807) is 4.57 Å². The van der Waals surface area contributed by atoms with Gasteiger partial charge in [-0.25, -0.2) is 15.0 Å². The van der Waals surface area contributed by atoms with Crippen LogP contribution in [-0.2, 0) is 4.79 Å². The number of aliphatic hydroxyl groups is 2. The lowest BCUT2D eigenvalue weighted by Crippen LogP contribution is -2.35. The van der Waals surface area contributed by atoms with Crippen LogP contribution in [0.15, 0.2) is 12.7 Å². The highest BCUT2D eigenvalue weighted by Crippen LogP contribution is 2.39. The van der Waals surface area contributed by atoms with Crippen LogP contribution in [0.2, 0.25) is 0 Å². The minimum absolute atomic E-state index is 0.238. The number of nitrogens with zero attached hydrogens (tertiary/aromatic N) is 4. The van der Waals surface area contributed by atoms with Crippen molar-refractivity contribution < 1.29 is 20.1 Å². The highest BCUT2D eigenvalue weighted by Gasteiger charge is 2.43. The van der Waals surface area contributed by atoms with Gasteiger partial charge in [-0.2, -0.15) is 0 Å². The summed E-state index contributed by atoms with van der Waals surface area (Å²) in [6, 6.07) is -1.69. The Morgan fingerprint density at radius 3 is 2.67 bits per heavy atom. The number of carbonyl (C=O) groups is 1. The molecule has 9 N–H and O–H groups in total. The molecular formula is C16H25N7O4. The van der Waals surface area contributed by atoms with E-state index in [0.717, 1.165) is 0 Å². The number of carboxylic acids is 1. The van der Waals surface area contributed by atoms with Crippen LogP contribution in [0.4, 0.5) is 5.82 Å². The molecule has 1 aliphatic carbocycles. The topological polar surface area (TPSA) is 199 Å². The van der Waals surface area contributed by atoms with Crippen molar-refractivity contribution >= 4 is 23.0 Å². The Morgan fingerprint density at radius 1 is 1.22 bits per heavy atom. The van der Waals surface area contributed by atoms with Gasteiger partial charge in [-0.05, 0) is 31.6 Å². The second-order valence-electron chi connectivity index (χ2n) is 7.15. The Balaban J connectivity index is 1.68. The summed E-state index contributed by atoms with van der Waals surface area (Å²) in [6.07, 6.45) is 2.52. The fraction of sp³-hybridized carbons (Fsp3) is 0.625. The minimum Gasteiger partial charge on any atom is -0.480 e. The van der Waals surface area contributed by atoms with E-state index in [2.05, 4.69) is 15.0 Å². The van der Waals surface area contributed by atoms with Gasteiger partial charge in [-0.1, -0.05) is 0 Å². The molecule has 1 saturated carbocycles. The van der Waals surface area contributed by atoms with Crippen molar-refractivity contribution in [2.75, 3.05) is 5.73 Å². The fourth-order valence-corrected chi connectivity index (χ4v) is 3.75. The van der Waals surface area contributed by atoms with Gasteiger partial charge in [0.2, 0.25) is 0 Å². The van der Waals surface area contributed by atoms with E-state index in [4.69, 9.17) is 22.3 Å². The Hall–Kier alpha value is -2.34. The Bertz CT molecular complexity index is 813. The number of aromatic nitrogens is 4. The molecule has 0 amide bonds. The van der Waals surface area contributed by atoms with E-state index in [0.29, 0.717) is 30.4 Å². The average Bonchev–Trinajstić information content (AvgIpc) is 3.17. The van der Waals surface area contributed by atoms with Crippen molar-refractivity contribution in [2.45, 2.75) is 56.0 Å². The predicted octanol–water partition coefficient (Wildman–Crippen LogP) is -1.40. The number of fused-ring (bicyclic) bond motifs is 1. The van der Waals surface area contributed by atoms with Gasteiger partial charge in [0.1, 0.15) is 24.0 Å². The van der Waals surface area contributed by atoms with Gasteiger partial charge in [0.25, 0.3) is 0 Å². The molecule has 0 bridgehead atoms. The van der Waals surface area contributed by atoms with E-state index in [1.165, 1.54) is 12.7 Å². The highest BCUT2D eigenvalue weighted by molar-refractivity contribution is 5.81. The van der Waals surface area contributed by atoms with E-state index in [9.17, 15) is 15.0 Å². The first-order chi connectivity index (χ1) is 12.8. The van der Waals surface area contributed by atoms with Crippen LogP contribution in [0.25, 0.3) is 11.2 Å². The number of rotatable bonds is 7. The Morgan fingerprint density at radius 2 is 1.96 bits per heavy atom. The molecule has 11 nitrogen and oxygen atoms in total. The zero-order valence-corrected chi connectivity index (χ0v) is 14.7. The zero-order chi connectivity index (χ0) is 19.7. The van der Waals surface area contributed by atoms with Gasteiger partial charge < -0.3 is 37.1 Å². The molecule has 148 valence electrons. The van der Waals surface area contributed by atoms with Crippen molar-refractivity contribution in [3.05, 3.63) is 12.7 Å². The lowest BCUT2D eigenvalue weighted by molar-refractivity contribution is -0.138. The zero-order valence-electron chi connectivity index (χ0n) is 14.7. The fourth-order valence-electron chi connectivity index (χ4n) is 3.75. The summed E-state index contributed by atoms with van der Waals surface area (Å²) in [7, 11) is 0. The maximum atomic E-state index is 10.8. The molecule has 1 fully saturated rings. The van der Waals surface area contributed by atoms with E-state index < -0.39 is 30.3 Å². The summed E-state index contributed by atoms with van der Waals surface area (Å²) in [5, 5.41) is 29.8. The van der Waals surface area contributed by atoms with E-state index >= 15 is 0 Å². The van der Waals surface area contributed by atoms with Crippen molar-refractivity contribution in [3.63, 3.8) is 0 Å². The van der Waals surface area contributed by atoms with Crippen molar-refractivity contribution in [3.8, 4) is 0 Å². The summed E-state index contributed by atoms with van der Waals surface area (Å²) in [5.41, 5.74) is 18.3. The maximum Gasteiger partial charge on any atom is 0.320 e. The van der Waals surface area contributed by atoms with Gasteiger partial charge in [0.05, 0.1) is 18.5 Å². The first-order valence-electron chi connectivity index (χ1n) is 8.82. The average molecular weight is 379 g/mol. The number of nitrogens with two attached hydrogens (primary N) is 3. The number of nitrogen functional groups attached to an aromatic ring is 1. The quantitative estimate of drug-likeness (QED) is 0.332. The van der Waals surface area contributed by atoms with Crippen LogP contribution in [-0.4, -0.2) is 65.1 Å². The Labute approximate surface area is 155 Å².